The van der Waals surface area contributed by atoms with Crippen molar-refractivity contribution in [1.82, 2.24) is 0 Å². The zero-order valence-electron chi connectivity index (χ0n) is 19.8. The van der Waals surface area contributed by atoms with Crippen molar-refractivity contribution in [2.45, 2.75) is 26.3 Å². The lowest BCUT2D eigenvalue weighted by Gasteiger charge is -2.14. The average molecular weight is 431 g/mol. The van der Waals surface area contributed by atoms with Crippen molar-refractivity contribution >= 4 is 10.8 Å². The van der Waals surface area contributed by atoms with E-state index in [0.717, 1.165) is 0 Å². The van der Waals surface area contributed by atoms with Gasteiger partial charge in [-0.1, -0.05) is 54.6 Å². The van der Waals surface area contributed by atoms with Crippen LogP contribution in [0.1, 0.15) is 25.0 Å². The number of fused-ring (bicyclic) bond motifs is 5. The molecular formula is C31H30N2+2. The summed E-state index contributed by atoms with van der Waals surface area (Å²) in [6.07, 6.45) is 4.29. The molecule has 2 heteroatoms. The average Bonchev–Trinajstić information content (AvgIpc) is 3.08. The Labute approximate surface area is 196 Å². The van der Waals surface area contributed by atoms with E-state index in [1.807, 2.05) is 6.07 Å². The van der Waals surface area contributed by atoms with E-state index < -0.39 is 0 Å². The Bertz CT molecular complexity index is 1420. The molecule has 6 rings (SSSR count). The van der Waals surface area contributed by atoms with E-state index >= 15 is 0 Å². The molecule has 3 heterocycles. The smallest absolute Gasteiger partial charge is 0.201 e. The van der Waals surface area contributed by atoms with E-state index in [0.29, 0.717) is 0 Å². The highest BCUT2D eigenvalue weighted by molar-refractivity contribution is 5.94. The molecule has 1 aliphatic rings. The Morgan fingerprint density at radius 3 is 2.09 bits per heavy atom. The molecule has 0 aliphatic carbocycles. The Kier molecular flexibility index (Phi) is 5.30. The maximum atomic E-state index is 2.40. The summed E-state index contributed by atoms with van der Waals surface area (Å²) in [5.74, 6) is 0. The molecule has 162 valence electrons. The minimum Gasteiger partial charge on any atom is -0.201 e. The van der Waals surface area contributed by atoms with E-state index in [1.54, 1.807) is 0 Å². The Morgan fingerprint density at radius 2 is 1.30 bits per heavy atom. The van der Waals surface area contributed by atoms with Crippen LogP contribution in [-0.2, 0) is 12.6 Å². The van der Waals surface area contributed by atoms with Gasteiger partial charge in [0.1, 0.15) is 7.05 Å². The number of hydrogen-bond donors (Lipinski definition) is 0. The fraction of sp³-hybridized carbons (Fsp3) is 0.161. The Hall–Kier alpha value is -3.78. The van der Waals surface area contributed by atoms with Crippen molar-refractivity contribution in [2.24, 2.45) is 7.05 Å². The lowest BCUT2D eigenvalue weighted by Crippen LogP contribution is -2.50. The van der Waals surface area contributed by atoms with Crippen LogP contribution in [0.4, 0.5) is 0 Å². The number of aryl methyl sites for hydroxylation is 2. The number of pyridine rings is 2. The minimum atomic E-state index is 0.0238. The highest BCUT2D eigenvalue weighted by Crippen LogP contribution is 2.39. The summed E-state index contributed by atoms with van der Waals surface area (Å²) in [4.78, 5) is 0. The maximum Gasteiger partial charge on any atom is 0.221 e. The largest absolute Gasteiger partial charge is 0.221 e. The summed E-state index contributed by atoms with van der Waals surface area (Å²) >= 11 is 0. The normalized spacial score (nSPS) is 13.1. The molecule has 5 aromatic rings. The first-order valence-electron chi connectivity index (χ1n) is 11.5. The molecule has 0 radical (unpaired) electrons. The van der Waals surface area contributed by atoms with Crippen LogP contribution in [0, 0.1) is 6.92 Å². The fourth-order valence-corrected chi connectivity index (χ4v) is 4.97. The van der Waals surface area contributed by atoms with Gasteiger partial charge in [0, 0.05) is 43.2 Å². The maximum absolute atomic E-state index is 2.40. The van der Waals surface area contributed by atoms with Gasteiger partial charge in [-0.2, -0.15) is 4.57 Å². The quantitative estimate of drug-likeness (QED) is 0.273. The molecule has 33 heavy (non-hydrogen) atoms. The van der Waals surface area contributed by atoms with Crippen LogP contribution in [-0.4, -0.2) is 0 Å². The van der Waals surface area contributed by atoms with Crippen molar-refractivity contribution in [3.63, 3.8) is 0 Å². The van der Waals surface area contributed by atoms with Gasteiger partial charge in [0.05, 0.1) is 10.9 Å². The van der Waals surface area contributed by atoms with Gasteiger partial charge in [-0.25, -0.2) is 4.57 Å². The fourth-order valence-electron chi connectivity index (χ4n) is 4.97. The first kappa shape index (κ1) is 21.1. The number of nitrogens with zero attached hydrogens (tertiary/aromatic N) is 2. The van der Waals surface area contributed by atoms with Crippen molar-refractivity contribution in [1.29, 1.82) is 0 Å². The van der Waals surface area contributed by atoms with Gasteiger partial charge in [0.25, 0.3) is 0 Å². The molecule has 0 saturated carbocycles. The molecule has 2 nitrogen and oxygen atoms in total. The second kappa shape index (κ2) is 8.29. The lowest BCUT2D eigenvalue weighted by molar-refractivity contribution is -0.730. The highest BCUT2D eigenvalue weighted by atomic mass is 15.1. The summed E-state index contributed by atoms with van der Waals surface area (Å²) < 4.78 is 4.54. The first-order chi connectivity index (χ1) is 16.0. The molecule has 0 atom stereocenters. The van der Waals surface area contributed by atoms with Gasteiger partial charge in [-0.15, -0.1) is 0 Å². The molecule has 3 aromatic carbocycles. The second-order valence-electron chi connectivity index (χ2n) is 9.24. The highest BCUT2D eigenvalue weighted by Gasteiger charge is 2.43. The van der Waals surface area contributed by atoms with Gasteiger partial charge in [-0.3, -0.25) is 0 Å². The van der Waals surface area contributed by atoms with Crippen molar-refractivity contribution in [2.75, 3.05) is 0 Å². The van der Waals surface area contributed by atoms with Crippen LogP contribution in [0.25, 0.3) is 33.3 Å². The van der Waals surface area contributed by atoms with Gasteiger partial charge in [0.15, 0.2) is 17.9 Å². The molecular weight excluding hydrogens is 400 g/mol. The van der Waals surface area contributed by atoms with E-state index in [2.05, 4.69) is 140 Å². The molecule has 0 unspecified atom stereocenters. The first-order valence-corrected chi connectivity index (χ1v) is 11.5. The van der Waals surface area contributed by atoms with Gasteiger partial charge < -0.3 is 0 Å². The van der Waals surface area contributed by atoms with E-state index in [9.17, 15) is 0 Å². The zero-order valence-corrected chi connectivity index (χ0v) is 19.8. The number of hydrogen-bond acceptors (Lipinski definition) is 0. The number of aromatic nitrogens is 2. The van der Waals surface area contributed by atoms with E-state index in [-0.39, 0.29) is 5.54 Å². The Morgan fingerprint density at radius 1 is 0.636 bits per heavy atom. The molecule has 0 amide bonds. The summed E-state index contributed by atoms with van der Waals surface area (Å²) in [5, 5.41) is 2.64. The molecule has 0 fully saturated rings. The summed E-state index contributed by atoms with van der Waals surface area (Å²) in [6, 6.07) is 34.3. The van der Waals surface area contributed by atoms with Gasteiger partial charge >= 0.3 is 0 Å². The predicted molar refractivity (Wildman–Crippen MR) is 136 cm³/mol. The van der Waals surface area contributed by atoms with Crippen LogP contribution >= 0.6 is 0 Å². The predicted octanol–water partition coefficient (Wildman–Crippen LogP) is 6.38. The topological polar surface area (TPSA) is 7.76 Å². The third-order valence-electron chi connectivity index (χ3n) is 6.78. The van der Waals surface area contributed by atoms with Crippen LogP contribution in [0.2, 0.25) is 0 Å². The van der Waals surface area contributed by atoms with E-state index in [1.165, 1.54) is 44.4 Å². The van der Waals surface area contributed by atoms with E-state index in [4.69, 9.17) is 0 Å². The number of benzene rings is 3. The molecule has 0 N–H and O–H groups in total. The summed E-state index contributed by atoms with van der Waals surface area (Å²) in [7, 11) is 2.07. The van der Waals surface area contributed by atoms with Crippen LogP contribution in [0.5, 0.6) is 0 Å². The van der Waals surface area contributed by atoms with Crippen LogP contribution in [0.15, 0.2) is 109 Å². The van der Waals surface area contributed by atoms with Crippen LogP contribution < -0.4 is 9.13 Å². The van der Waals surface area contributed by atoms with Crippen molar-refractivity contribution in [3.8, 4) is 22.5 Å². The number of rotatable bonds is 1. The SMILES string of the molecule is CC1(C)c2ccccc2-c2c3ccccc3cc[n+]21.Cc1ccccc1-c1cccc[n+]1C. The molecule has 0 spiro atoms. The van der Waals surface area contributed by atoms with Crippen molar-refractivity contribution < 1.29 is 9.13 Å². The molecule has 0 bridgehead atoms. The minimum absolute atomic E-state index is 0.0238. The monoisotopic (exact) mass is 430 g/mol. The molecule has 0 saturated heterocycles. The van der Waals surface area contributed by atoms with Crippen LogP contribution in [0.3, 0.4) is 0 Å². The van der Waals surface area contributed by atoms with Crippen molar-refractivity contribution in [3.05, 3.63) is 121 Å². The van der Waals surface area contributed by atoms with Gasteiger partial charge in [0.2, 0.25) is 11.4 Å². The van der Waals surface area contributed by atoms with Gasteiger partial charge in [-0.05, 0) is 42.1 Å². The lowest BCUT2D eigenvalue weighted by atomic mass is 9.93. The zero-order chi connectivity index (χ0) is 23.0. The third kappa shape index (κ3) is 3.62. The summed E-state index contributed by atoms with van der Waals surface area (Å²) in [5.41, 5.74) is 8.01. The molecule has 1 aliphatic heterocycles. The Balaban J connectivity index is 0.000000146. The second-order valence-corrected chi connectivity index (χ2v) is 9.24. The summed E-state index contributed by atoms with van der Waals surface area (Å²) in [6.45, 7) is 6.72. The standard InChI is InChI=1S/C18H16N.C13H14N/c1-18(2)16-10-6-5-9-15(16)17-14-8-4-3-7-13(14)11-12-19(17)18;1-11-7-3-4-8-12(11)13-9-5-6-10-14(13)2/h3-12H,1-2H3;3-10H,1-2H3/q2*+1. The molecule has 2 aromatic heterocycles. The third-order valence-corrected chi connectivity index (χ3v) is 6.78.